The van der Waals surface area contributed by atoms with Gasteiger partial charge in [-0.15, -0.1) is 0 Å². The van der Waals surface area contributed by atoms with Crippen molar-refractivity contribution in [3.63, 3.8) is 0 Å². The molecule has 0 aliphatic heterocycles. The van der Waals surface area contributed by atoms with Crippen molar-refractivity contribution in [1.82, 2.24) is 4.57 Å². The molecule has 0 amide bonds. The third-order valence-electron chi connectivity index (χ3n) is 4.07. The first-order valence-electron chi connectivity index (χ1n) is 9.31. The first-order valence-corrected chi connectivity index (χ1v) is 9.31. The van der Waals surface area contributed by atoms with E-state index in [0.717, 1.165) is 16.2 Å². The molecule has 3 rings (SSSR count). The van der Waals surface area contributed by atoms with Gasteiger partial charge in [0.15, 0.2) is 5.76 Å². The number of hydrogen-bond donors (Lipinski definition) is 1. The second kappa shape index (κ2) is 8.41. The van der Waals surface area contributed by atoms with Crippen molar-refractivity contribution >= 4 is 17.6 Å². The largest absolute Gasteiger partial charge is 0.506 e. The van der Waals surface area contributed by atoms with E-state index in [1.165, 1.54) is 30.5 Å². The fourth-order valence-electron chi connectivity index (χ4n) is 2.74. The van der Waals surface area contributed by atoms with Crippen molar-refractivity contribution in [3.05, 3.63) is 89.4 Å². The molecular formula is C23H22FNO5. The van der Waals surface area contributed by atoms with Crippen LogP contribution in [-0.2, 0) is 11.2 Å². The zero-order valence-electron chi connectivity index (χ0n) is 16.9. The van der Waals surface area contributed by atoms with E-state index >= 15 is 0 Å². The van der Waals surface area contributed by atoms with Gasteiger partial charge in [0.05, 0.1) is 5.69 Å². The van der Waals surface area contributed by atoms with Crippen LogP contribution in [0.25, 0.3) is 5.76 Å². The normalized spacial score (nSPS) is 12.1. The summed E-state index contributed by atoms with van der Waals surface area (Å²) in [5.41, 5.74) is 0.247. The van der Waals surface area contributed by atoms with Crippen LogP contribution in [0.4, 0.5) is 9.18 Å². The Bertz CT molecular complexity index is 1080. The highest BCUT2D eigenvalue weighted by Gasteiger charge is 2.21. The predicted octanol–water partition coefficient (Wildman–Crippen LogP) is 5.38. The van der Waals surface area contributed by atoms with Crippen molar-refractivity contribution < 1.29 is 28.2 Å². The molecule has 30 heavy (non-hydrogen) atoms. The molecule has 2 heterocycles. The maximum atomic E-state index is 13.0. The molecule has 0 saturated heterocycles. The molecule has 0 saturated carbocycles. The molecule has 156 valence electrons. The number of benzene rings is 1. The summed E-state index contributed by atoms with van der Waals surface area (Å²) in [5, 5.41) is 10.4. The van der Waals surface area contributed by atoms with E-state index in [1.807, 2.05) is 0 Å². The van der Waals surface area contributed by atoms with E-state index in [-0.39, 0.29) is 17.3 Å². The van der Waals surface area contributed by atoms with E-state index in [0.29, 0.717) is 12.2 Å². The molecule has 1 aromatic carbocycles. The second-order valence-electron chi connectivity index (χ2n) is 7.71. The van der Waals surface area contributed by atoms with Crippen LogP contribution in [0.3, 0.4) is 0 Å². The Kier molecular flexibility index (Phi) is 5.91. The fourth-order valence-corrected chi connectivity index (χ4v) is 2.74. The molecule has 3 aromatic rings. The molecule has 0 atom stereocenters. The van der Waals surface area contributed by atoms with E-state index in [4.69, 9.17) is 9.15 Å². The van der Waals surface area contributed by atoms with Crippen LogP contribution < -0.4 is 0 Å². The van der Waals surface area contributed by atoms with E-state index in [9.17, 15) is 19.1 Å². The minimum Gasteiger partial charge on any atom is -0.506 e. The van der Waals surface area contributed by atoms with E-state index in [1.54, 1.807) is 45.0 Å². The summed E-state index contributed by atoms with van der Waals surface area (Å²) in [5.74, 6) is -0.725. The van der Waals surface area contributed by atoms with Gasteiger partial charge in [-0.1, -0.05) is 12.1 Å². The summed E-state index contributed by atoms with van der Waals surface area (Å²) >= 11 is 0. The van der Waals surface area contributed by atoms with Crippen molar-refractivity contribution in [2.24, 2.45) is 0 Å². The van der Waals surface area contributed by atoms with Gasteiger partial charge < -0.3 is 14.3 Å². The standard InChI is InChI=1S/C23H22FNO5/c1-23(2,3)30-22(28)25-12-4-5-18(25)19(26)14-20(27)21-11-10-17(29-21)13-15-6-8-16(24)9-7-15/h4-12,14,26H,13H2,1-3H3/b19-14+. The molecule has 0 aliphatic rings. The highest BCUT2D eigenvalue weighted by molar-refractivity contribution is 6.06. The number of furan rings is 1. The Morgan fingerprint density at radius 3 is 2.50 bits per heavy atom. The molecule has 0 bridgehead atoms. The number of carbonyl (C=O) groups excluding carboxylic acids is 2. The maximum absolute atomic E-state index is 13.0. The summed E-state index contributed by atoms with van der Waals surface area (Å²) < 4.78 is 25.0. The molecule has 0 aliphatic carbocycles. The van der Waals surface area contributed by atoms with Crippen LogP contribution >= 0.6 is 0 Å². The lowest BCUT2D eigenvalue weighted by Crippen LogP contribution is -2.27. The van der Waals surface area contributed by atoms with Crippen LogP contribution in [0.2, 0.25) is 0 Å². The minimum atomic E-state index is -0.705. The average Bonchev–Trinajstić information content (AvgIpc) is 3.31. The average molecular weight is 411 g/mol. The maximum Gasteiger partial charge on any atom is 0.419 e. The summed E-state index contributed by atoms with van der Waals surface area (Å²) in [6.07, 6.45) is 2.14. The lowest BCUT2D eigenvalue weighted by atomic mass is 10.1. The Morgan fingerprint density at radius 2 is 1.83 bits per heavy atom. The minimum absolute atomic E-state index is 0.0361. The number of hydrogen-bond acceptors (Lipinski definition) is 5. The van der Waals surface area contributed by atoms with Crippen LogP contribution in [0.15, 0.2) is 65.2 Å². The summed E-state index contributed by atoms with van der Waals surface area (Å²) in [4.78, 5) is 24.7. The number of aliphatic hydroxyl groups excluding tert-OH is 1. The molecular weight excluding hydrogens is 389 g/mol. The van der Waals surface area contributed by atoms with Crippen LogP contribution in [0.1, 0.15) is 48.3 Å². The van der Waals surface area contributed by atoms with Crippen molar-refractivity contribution in [1.29, 1.82) is 0 Å². The SMILES string of the molecule is CC(C)(C)OC(=O)n1cccc1/C(O)=C\C(=O)c1ccc(Cc2ccc(F)cc2)o1. The summed E-state index contributed by atoms with van der Waals surface area (Å²) in [6, 6.07) is 12.2. The topological polar surface area (TPSA) is 81.7 Å². The molecule has 2 aromatic heterocycles. The van der Waals surface area contributed by atoms with Gasteiger partial charge in [0, 0.05) is 18.7 Å². The number of ether oxygens (including phenoxy) is 1. The number of nitrogens with zero attached hydrogens (tertiary/aromatic N) is 1. The highest BCUT2D eigenvalue weighted by Crippen LogP contribution is 2.19. The summed E-state index contributed by atoms with van der Waals surface area (Å²) in [7, 11) is 0. The molecule has 1 N–H and O–H groups in total. The lowest BCUT2D eigenvalue weighted by molar-refractivity contribution is 0.0534. The van der Waals surface area contributed by atoms with Gasteiger partial charge in [0.1, 0.15) is 22.9 Å². The Hall–Kier alpha value is -3.61. The number of aliphatic hydroxyl groups is 1. The van der Waals surface area contributed by atoms with Crippen molar-refractivity contribution in [2.75, 3.05) is 0 Å². The van der Waals surface area contributed by atoms with Gasteiger partial charge in [-0.2, -0.15) is 0 Å². The zero-order valence-corrected chi connectivity index (χ0v) is 16.9. The second-order valence-corrected chi connectivity index (χ2v) is 7.71. The van der Waals surface area contributed by atoms with Crippen molar-refractivity contribution in [3.8, 4) is 0 Å². The molecule has 0 spiro atoms. The third-order valence-corrected chi connectivity index (χ3v) is 4.07. The lowest BCUT2D eigenvalue weighted by Gasteiger charge is -2.20. The third kappa shape index (κ3) is 5.26. The van der Waals surface area contributed by atoms with Crippen LogP contribution in [0.5, 0.6) is 0 Å². The monoisotopic (exact) mass is 411 g/mol. The number of rotatable bonds is 5. The Labute approximate surface area is 173 Å². The van der Waals surface area contributed by atoms with Gasteiger partial charge in [-0.25, -0.2) is 13.8 Å². The number of ketones is 1. The van der Waals surface area contributed by atoms with Gasteiger partial charge in [0.25, 0.3) is 0 Å². The first kappa shape index (κ1) is 21.1. The van der Waals surface area contributed by atoms with E-state index < -0.39 is 23.2 Å². The van der Waals surface area contributed by atoms with Crippen molar-refractivity contribution in [2.45, 2.75) is 32.8 Å². The smallest absolute Gasteiger partial charge is 0.419 e. The molecule has 6 nitrogen and oxygen atoms in total. The Balaban J connectivity index is 1.74. The zero-order chi connectivity index (χ0) is 21.9. The van der Waals surface area contributed by atoms with Crippen LogP contribution in [0, 0.1) is 5.82 Å². The molecule has 0 radical (unpaired) electrons. The molecule has 7 heteroatoms. The van der Waals surface area contributed by atoms with Crippen LogP contribution in [-0.4, -0.2) is 27.2 Å². The number of carbonyl (C=O) groups is 2. The predicted molar refractivity (Wildman–Crippen MR) is 109 cm³/mol. The summed E-state index contributed by atoms with van der Waals surface area (Å²) in [6.45, 7) is 5.19. The van der Waals surface area contributed by atoms with Gasteiger partial charge in [-0.3, -0.25) is 4.79 Å². The quantitative estimate of drug-likeness (QED) is 0.346. The number of aromatic nitrogens is 1. The van der Waals surface area contributed by atoms with E-state index in [2.05, 4.69) is 0 Å². The molecule has 0 fully saturated rings. The fraction of sp³-hybridized carbons (Fsp3) is 0.217. The van der Waals surface area contributed by atoms with Gasteiger partial charge in [0.2, 0.25) is 5.78 Å². The molecule has 0 unspecified atom stereocenters. The number of halogens is 1. The first-order chi connectivity index (χ1) is 14.1. The Morgan fingerprint density at radius 1 is 1.13 bits per heavy atom. The van der Waals surface area contributed by atoms with Gasteiger partial charge >= 0.3 is 6.09 Å². The highest BCUT2D eigenvalue weighted by atomic mass is 19.1. The number of allylic oxidation sites excluding steroid dienone is 1. The van der Waals surface area contributed by atoms with Gasteiger partial charge in [-0.05, 0) is 62.7 Å².